The van der Waals surface area contributed by atoms with Gasteiger partial charge < -0.3 is 21.1 Å². The Kier molecular flexibility index (Phi) is 8.52. The van der Waals surface area contributed by atoms with E-state index >= 15 is 0 Å². The largest absolute Gasteiger partial charge is 0.378 e. The number of halogens is 1. The fourth-order valence-corrected chi connectivity index (χ4v) is 2.72. The number of rotatable bonds is 8. The normalized spacial score (nSPS) is 26.4. The maximum Gasteiger partial charge on any atom is 0.240 e. The van der Waals surface area contributed by atoms with Gasteiger partial charge in [-0.05, 0) is 20.3 Å². The number of nitrogens with two attached hydrogens (primary N) is 1. The summed E-state index contributed by atoms with van der Waals surface area (Å²) in [6, 6.07) is 0.154. The van der Waals surface area contributed by atoms with Crippen LogP contribution in [0, 0.1) is 5.41 Å². The molecule has 136 valence electrons. The SMILES string of the molecule is CCOC1CC(N)(C(=O)NCCC(=O)NC(C)CC)C1(C)C.Cl. The number of nitrogens with one attached hydrogen (secondary N) is 2. The average molecular weight is 350 g/mol. The Morgan fingerprint density at radius 2 is 1.96 bits per heavy atom. The molecule has 23 heavy (non-hydrogen) atoms. The lowest BCUT2D eigenvalue weighted by molar-refractivity contribution is -0.170. The first-order chi connectivity index (χ1) is 10.2. The molecule has 1 rings (SSSR count). The van der Waals surface area contributed by atoms with Gasteiger partial charge in [0.15, 0.2) is 0 Å². The number of hydrogen-bond donors (Lipinski definition) is 3. The van der Waals surface area contributed by atoms with Crippen molar-refractivity contribution in [1.29, 1.82) is 0 Å². The zero-order valence-electron chi connectivity index (χ0n) is 14.9. The predicted molar refractivity (Wildman–Crippen MR) is 93.5 cm³/mol. The van der Waals surface area contributed by atoms with Crippen molar-refractivity contribution in [2.24, 2.45) is 11.1 Å². The van der Waals surface area contributed by atoms with Gasteiger partial charge in [0.25, 0.3) is 0 Å². The highest BCUT2D eigenvalue weighted by Gasteiger charge is 2.62. The number of carbonyl (C=O) groups excluding carboxylic acids is 2. The summed E-state index contributed by atoms with van der Waals surface area (Å²) >= 11 is 0. The van der Waals surface area contributed by atoms with E-state index < -0.39 is 11.0 Å². The molecule has 2 amide bonds. The van der Waals surface area contributed by atoms with E-state index in [1.807, 2.05) is 34.6 Å². The third kappa shape index (κ3) is 4.81. The second-order valence-corrected chi connectivity index (χ2v) is 6.72. The van der Waals surface area contributed by atoms with Crippen molar-refractivity contribution in [3.63, 3.8) is 0 Å². The molecule has 1 saturated carbocycles. The average Bonchev–Trinajstić information content (AvgIpc) is 2.46. The maximum absolute atomic E-state index is 12.3. The maximum atomic E-state index is 12.3. The van der Waals surface area contributed by atoms with E-state index in [0.29, 0.717) is 19.6 Å². The Bertz CT molecular complexity index is 417. The van der Waals surface area contributed by atoms with E-state index in [-0.39, 0.29) is 42.8 Å². The molecule has 0 aromatic heterocycles. The van der Waals surface area contributed by atoms with Gasteiger partial charge >= 0.3 is 0 Å². The molecule has 0 radical (unpaired) electrons. The minimum absolute atomic E-state index is 0. The van der Waals surface area contributed by atoms with Crippen LogP contribution in [0.4, 0.5) is 0 Å². The lowest BCUT2D eigenvalue weighted by Crippen LogP contribution is -2.75. The summed E-state index contributed by atoms with van der Waals surface area (Å²) < 4.78 is 5.61. The van der Waals surface area contributed by atoms with Crippen LogP contribution >= 0.6 is 12.4 Å². The van der Waals surface area contributed by atoms with Gasteiger partial charge in [0, 0.05) is 37.5 Å². The quantitative estimate of drug-likeness (QED) is 0.616. The minimum atomic E-state index is -0.931. The summed E-state index contributed by atoms with van der Waals surface area (Å²) in [5.74, 6) is -0.259. The first-order valence-electron chi connectivity index (χ1n) is 8.17. The van der Waals surface area contributed by atoms with Crippen LogP contribution in [-0.2, 0) is 14.3 Å². The molecule has 0 aliphatic heterocycles. The summed E-state index contributed by atoms with van der Waals surface area (Å²) in [6.45, 7) is 10.7. The second kappa shape index (κ2) is 8.85. The lowest BCUT2D eigenvalue weighted by Gasteiger charge is -2.57. The zero-order valence-corrected chi connectivity index (χ0v) is 15.7. The topological polar surface area (TPSA) is 93.4 Å². The van der Waals surface area contributed by atoms with Crippen LogP contribution in [0.1, 0.15) is 53.9 Å². The summed E-state index contributed by atoms with van der Waals surface area (Å²) in [5, 5.41) is 5.65. The molecule has 0 aromatic carbocycles. The first-order valence-corrected chi connectivity index (χ1v) is 8.17. The van der Waals surface area contributed by atoms with E-state index in [4.69, 9.17) is 10.5 Å². The zero-order chi connectivity index (χ0) is 17.0. The van der Waals surface area contributed by atoms with Gasteiger partial charge in [-0.1, -0.05) is 20.8 Å². The Morgan fingerprint density at radius 1 is 1.35 bits per heavy atom. The molecule has 1 fully saturated rings. The van der Waals surface area contributed by atoms with Gasteiger partial charge in [0.05, 0.1) is 6.10 Å². The third-order valence-corrected chi connectivity index (χ3v) is 4.89. The van der Waals surface area contributed by atoms with Crippen LogP contribution in [0.5, 0.6) is 0 Å². The van der Waals surface area contributed by atoms with Crippen LogP contribution in [0.25, 0.3) is 0 Å². The van der Waals surface area contributed by atoms with Crippen molar-refractivity contribution in [3.05, 3.63) is 0 Å². The van der Waals surface area contributed by atoms with Crippen molar-refractivity contribution in [2.45, 2.75) is 71.6 Å². The number of ether oxygens (including phenoxy) is 1. The summed E-state index contributed by atoms with van der Waals surface area (Å²) in [6.07, 6.45) is 1.67. The van der Waals surface area contributed by atoms with Crippen molar-refractivity contribution >= 4 is 24.2 Å². The van der Waals surface area contributed by atoms with E-state index in [1.165, 1.54) is 0 Å². The molecule has 0 saturated heterocycles. The highest BCUT2D eigenvalue weighted by molar-refractivity contribution is 5.89. The second-order valence-electron chi connectivity index (χ2n) is 6.72. The summed E-state index contributed by atoms with van der Waals surface area (Å²) in [7, 11) is 0. The number of hydrogen-bond acceptors (Lipinski definition) is 4. The Hall–Kier alpha value is -0.850. The van der Waals surface area contributed by atoms with Crippen molar-refractivity contribution < 1.29 is 14.3 Å². The highest BCUT2D eigenvalue weighted by atomic mass is 35.5. The number of carbonyl (C=O) groups is 2. The molecule has 0 spiro atoms. The van der Waals surface area contributed by atoms with E-state index in [1.54, 1.807) is 0 Å². The molecule has 0 bridgehead atoms. The first kappa shape index (κ1) is 22.1. The fourth-order valence-electron chi connectivity index (χ4n) is 2.72. The molecule has 7 heteroatoms. The van der Waals surface area contributed by atoms with E-state index in [9.17, 15) is 9.59 Å². The van der Waals surface area contributed by atoms with E-state index in [0.717, 1.165) is 6.42 Å². The van der Waals surface area contributed by atoms with Gasteiger partial charge in [-0.25, -0.2) is 0 Å². The molecule has 0 heterocycles. The van der Waals surface area contributed by atoms with Crippen molar-refractivity contribution in [1.82, 2.24) is 10.6 Å². The van der Waals surface area contributed by atoms with Crippen LogP contribution < -0.4 is 16.4 Å². The minimum Gasteiger partial charge on any atom is -0.378 e. The van der Waals surface area contributed by atoms with Crippen molar-refractivity contribution in [2.75, 3.05) is 13.2 Å². The van der Waals surface area contributed by atoms with E-state index in [2.05, 4.69) is 10.6 Å². The van der Waals surface area contributed by atoms with Gasteiger partial charge in [0.2, 0.25) is 11.8 Å². The molecule has 3 unspecified atom stereocenters. The Balaban J connectivity index is 0.00000484. The summed E-state index contributed by atoms with van der Waals surface area (Å²) in [4.78, 5) is 24.0. The third-order valence-electron chi connectivity index (χ3n) is 4.89. The summed E-state index contributed by atoms with van der Waals surface area (Å²) in [5.41, 5.74) is 4.93. The molecular weight excluding hydrogens is 318 g/mol. The molecule has 3 atom stereocenters. The standard InChI is InChI=1S/C16H31N3O3.ClH/c1-6-11(3)19-13(20)8-9-18-14(21)16(17)10-12(22-7-2)15(16,4)5;/h11-12H,6-10,17H2,1-5H3,(H,18,21)(H,19,20);1H. The smallest absolute Gasteiger partial charge is 0.240 e. The van der Waals surface area contributed by atoms with Crippen LogP contribution in [0.2, 0.25) is 0 Å². The molecule has 1 aliphatic carbocycles. The van der Waals surface area contributed by atoms with Gasteiger partial charge in [0.1, 0.15) is 5.54 Å². The predicted octanol–water partition coefficient (Wildman–Crippen LogP) is 1.36. The van der Waals surface area contributed by atoms with Gasteiger partial charge in [-0.3, -0.25) is 9.59 Å². The van der Waals surface area contributed by atoms with Crippen LogP contribution in [0.15, 0.2) is 0 Å². The van der Waals surface area contributed by atoms with Crippen molar-refractivity contribution in [3.8, 4) is 0 Å². The molecule has 6 nitrogen and oxygen atoms in total. The molecule has 1 aliphatic rings. The molecule has 4 N–H and O–H groups in total. The molecule has 0 aromatic rings. The fraction of sp³-hybridized carbons (Fsp3) is 0.875. The number of amides is 2. The monoisotopic (exact) mass is 349 g/mol. The van der Waals surface area contributed by atoms with Crippen LogP contribution in [-0.4, -0.2) is 42.7 Å². The molecular formula is C16H32ClN3O3. The highest BCUT2D eigenvalue weighted by Crippen LogP contribution is 2.49. The van der Waals surface area contributed by atoms with Crippen LogP contribution in [0.3, 0.4) is 0 Å². The van der Waals surface area contributed by atoms with Gasteiger partial charge in [-0.15, -0.1) is 12.4 Å². The van der Waals surface area contributed by atoms with Gasteiger partial charge in [-0.2, -0.15) is 0 Å². The Labute approximate surface area is 145 Å². The lowest BCUT2D eigenvalue weighted by atomic mass is 9.54. The Morgan fingerprint density at radius 3 is 2.43 bits per heavy atom.